The second-order valence-electron chi connectivity index (χ2n) is 5.84. The molecule has 2 rings (SSSR count). The fourth-order valence-electron chi connectivity index (χ4n) is 2.82. The Morgan fingerprint density at radius 3 is 2.38 bits per heavy atom. The van der Waals surface area contributed by atoms with Crippen LogP contribution in [0.4, 0.5) is 4.79 Å². The molecule has 0 spiro atoms. The van der Waals surface area contributed by atoms with Crippen LogP contribution in [0.15, 0.2) is 30.3 Å². The summed E-state index contributed by atoms with van der Waals surface area (Å²) in [4.78, 5) is 35.8. The third kappa shape index (κ3) is 4.71. The monoisotopic (exact) mass is 333 g/mol. The molecule has 3 N–H and O–H groups in total. The van der Waals surface area contributed by atoms with Crippen LogP contribution in [0.1, 0.15) is 31.2 Å². The molecular formula is C17H23N3O4. The lowest BCUT2D eigenvalue weighted by molar-refractivity contribution is -0.141. The maximum Gasteiger partial charge on any atom is 0.325 e. The smallest absolute Gasteiger partial charge is 0.325 e. The van der Waals surface area contributed by atoms with Gasteiger partial charge in [0.2, 0.25) is 5.91 Å². The zero-order chi connectivity index (χ0) is 17.4. The van der Waals surface area contributed by atoms with Crippen LogP contribution in [0, 0.1) is 0 Å². The highest BCUT2D eigenvalue weighted by atomic mass is 16.5. The van der Waals surface area contributed by atoms with Crippen molar-refractivity contribution in [3.63, 3.8) is 0 Å². The van der Waals surface area contributed by atoms with Crippen LogP contribution in [0.2, 0.25) is 0 Å². The zero-order valence-corrected chi connectivity index (χ0v) is 13.8. The second-order valence-corrected chi connectivity index (χ2v) is 5.84. The second kappa shape index (κ2) is 8.33. The van der Waals surface area contributed by atoms with Gasteiger partial charge in [0.05, 0.1) is 7.11 Å². The number of methoxy groups -OCH3 is 1. The Morgan fingerprint density at radius 2 is 1.75 bits per heavy atom. The largest absolute Gasteiger partial charge is 0.468 e. The van der Waals surface area contributed by atoms with Gasteiger partial charge in [-0.3, -0.25) is 9.59 Å². The Bertz CT molecular complexity index is 583. The summed E-state index contributed by atoms with van der Waals surface area (Å²) in [6.45, 7) is 0.178. The zero-order valence-electron chi connectivity index (χ0n) is 13.8. The van der Waals surface area contributed by atoms with E-state index in [1.165, 1.54) is 7.11 Å². The van der Waals surface area contributed by atoms with E-state index in [4.69, 9.17) is 0 Å². The number of esters is 1. The fraction of sp³-hybridized carbons (Fsp3) is 0.471. The molecule has 1 aromatic carbocycles. The van der Waals surface area contributed by atoms with E-state index in [1.807, 2.05) is 30.3 Å². The lowest BCUT2D eigenvalue weighted by Crippen LogP contribution is -2.59. The number of urea groups is 1. The summed E-state index contributed by atoms with van der Waals surface area (Å²) in [5.74, 6) is -0.870. The Balaban J connectivity index is 1.90. The minimum Gasteiger partial charge on any atom is -0.468 e. The molecule has 1 aliphatic rings. The van der Waals surface area contributed by atoms with Crippen LogP contribution in [-0.2, 0) is 20.9 Å². The summed E-state index contributed by atoms with van der Waals surface area (Å²) < 4.78 is 4.51. The molecule has 7 heteroatoms. The van der Waals surface area contributed by atoms with Gasteiger partial charge < -0.3 is 20.7 Å². The van der Waals surface area contributed by atoms with Crippen LogP contribution < -0.4 is 16.0 Å². The Hall–Kier alpha value is -2.57. The van der Waals surface area contributed by atoms with Gasteiger partial charge in [0.25, 0.3) is 0 Å². The van der Waals surface area contributed by atoms with Gasteiger partial charge >= 0.3 is 12.0 Å². The normalized spacial score (nSPS) is 15.4. The highest BCUT2D eigenvalue weighted by Gasteiger charge is 2.42. The van der Waals surface area contributed by atoms with Gasteiger partial charge in [-0.15, -0.1) is 0 Å². The minimum atomic E-state index is -0.963. The molecule has 0 aliphatic heterocycles. The van der Waals surface area contributed by atoms with Gasteiger partial charge in [-0.25, -0.2) is 4.79 Å². The first kappa shape index (κ1) is 17.8. The van der Waals surface area contributed by atoms with E-state index >= 15 is 0 Å². The average molecular weight is 333 g/mol. The summed E-state index contributed by atoms with van der Waals surface area (Å²) in [6.07, 6.45) is 2.81. The summed E-state index contributed by atoms with van der Waals surface area (Å²) in [5, 5.41) is 8.09. The third-order valence-electron chi connectivity index (χ3n) is 4.16. The SMILES string of the molecule is COC(=O)CNC(=O)C1(NC(=O)NCc2ccccc2)CCCC1. The van der Waals surface area contributed by atoms with Crippen molar-refractivity contribution in [3.8, 4) is 0 Å². The molecule has 0 heterocycles. The number of rotatable bonds is 6. The summed E-state index contributed by atoms with van der Waals surface area (Å²) in [7, 11) is 1.26. The van der Waals surface area contributed by atoms with Gasteiger partial charge in [0, 0.05) is 6.54 Å². The fourth-order valence-corrected chi connectivity index (χ4v) is 2.82. The molecule has 130 valence electrons. The van der Waals surface area contributed by atoms with Gasteiger partial charge in [0.15, 0.2) is 0 Å². The maximum absolute atomic E-state index is 12.4. The number of amides is 3. The highest BCUT2D eigenvalue weighted by molar-refractivity contribution is 5.93. The molecule has 0 atom stereocenters. The molecule has 7 nitrogen and oxygen atoms in total. The van der Waals surface area contributed by atoms with Gasteiger partial charge in [0.1, 0.15) is 12.1 Å². The van der Waals surface area contributed by atoms with E-state index < -0.39 is 17.5 Å². The van der Waals surface area contributed by atoms with E-state index in [-0.39, 0.29) is 12.5 Å². The first-order valence-electron chi connectivity index (χ1n) is 8.01. The number of hydrogen-bond acceptors (Lipinski definition) is 4. The number of nitrogens with one attached hydrogen (secondary N) is 3. The van der Waals surface area contributed by atoms with E-state index in [1.54, 1.807) is 0 Å². The molecule has 1 fully saturated rings. The molecule has 0 unspecified atom stereocenters. The van der Waals surface area contributed by atoms with Crippen molar-refractivity contribution in [2.75, 3.05) is 13.7 Å². The van der Waals surface area contributed by atoms with E-state index in [9.17, 15) is 14.4 Å². The Kier molecular flexibility index (Phi) is 6.17. The van der Waals surface area contributed by atoms with E-state index in [0.717, 1.165) is 18.4 Å². The van der Waals surface area contributed by atoms with Crippen LogP contribution in [0.25, 0.3) is 0 Å². The number of carbonyl (C=O) groups is 3. The quantitative estimate of drug-likeness (QED) is 0.679. The Morgan fingerprint density at radius 1 is 1.08 bits per heavy atom. The summed E-state index contributed by atoms with van der Waals surface area (Å²) in [5.41, 5.74) is 0.0117. The van der Waals surface area contributed by atoms with Gasteiger partial charge in [-0.2, -0.15) is 0 Å². The van der Waals surface area contributed by atoms with E-state index in [2.05, 4.69) is 20.7 Å². The number of benzene rings is 1. The molecule has 1 saturated carbocycles. The Labute approximate surface area is 141 Å². The maximum atomic E-state index is 12.4. The molecule has 0 radical (unpaired) electrons. The third-order valence-corrected chi connectivity index (χ3v) is 4.16. The molecule has 1 aromatic rings. The van der Waals surface area contributed by atoms with E-state index in [0.29, 0.717) is 19.4 Å². The van der Waals surface area contributed by atoms with Gasteiger partial charge in [-0.1, -0.05) is 43.2 Å². The van der Waals surface area contributed by atoms with Crippen molar-refractivity contribution in [1.82, 2.24) is 16.0 Å². The predicted molar refractivity (Wildman–Crippen MR) is 88.0 cm³/mol. The number of hydrogen-bond donors (Lipinski definition) is 3. The molecular weight excluding hydrogens is 310 g/mol. The lowest BCUT2D eigenvalue weighted by Gasteiger charge is -2.28. The van der Waals surface area contributed by atoms with Crippen LogP contribution in [-0.4, -0.2) is 37.1 Å². The molecule has 0 saturated heterocycles. The first-order valence-corrected chi connectivity index (χ1v) is 8.01. The van der Waals surface area contributed by atoms with Crippen molar-refractivity contribution in [3.05, 3.63) is 35.9 Å². The van der Waals surface area contributed by atoms with Crippen molar-refractivity contribution < 1.29 is 19.1 Å². The molecule has 1 aliphatic carbocycles. The van der Waals surface area contributed by atoms with Crippen LogP contribution in [0.3, 0.4) is 0 Å². The molecule has 0 bridgehead atoms. The topological polar surface area (TPSA) is 96.5 Å². The first-order chi connectivity index (χ1) is 11.6. The molecule has 0 aromatic heterocycles. The minimum absolute atomic E-state index is 0.204. The summed E-state index contributed by atoms with van der Waals surface area (Å²) >= 11 is 0. The van der Waals surface area contributed by atoms with Crippen molar-refractivity contribution in [1.29, 1.82) is 0 Å². The molecule has 24 heavy (non-hydrogen) atoms. The average Bonchev–Trinajstić information content (AvgIpc) is 3.08. The van der Waals surface area contributed by atoms with Crippen molar-refractivity contribution in [2.45, 2.75) is 37.8 Å². The number of ether oxygens (including phenoxy) is 1. The van der Waals surface area contributed by atoms with Crippen molar-refractivity contribution in [2.24, 2.45) is 0 Å². The standard InChI is InChI=1S/C17H23N3O4/c1-24-14(21)12-18-15(22)17(9-5-6-10-17)20-16(23)19-11-13-7-3-2-4-8-13/h2-4,7-8H,5-6,9-12H2,1H3,(H,18,22)(H2,19,20,23). The van der Waals surface area contributed by atoms with Gasteiger partial charge in [-0.05, 0) is 18.4 Å². The van der Waals surface area contributed by atoms with Crippen LogP contribution >= 0.6 is 0 Å². The van der Waals surface area contributed by atoms with Crippen molar-refractivity contribution >= 4 is 17.9 Å². The lowest BCUT2D eigenvalue weighted by atomic mass is 9.96. The molecule has 3 amide bonds. The van der Waals surface area contributed by atoms with Crippen LogP contribution in [0.5, 0.6) is 0 Å². The number of carbonyl (C=O) groups excluding carboxylic acids is 3. The highest BCUT2D eigenvalue weighted by Crippen LogP contribution is 2.29. The predicted octanol–water partition coefficient (Wildman–Crippen LogP) is 1.09. The summed E-state index contributed by atoms with van der Waals surface area (Å²) in [6, 6.07) is 9.13.